The van der Waals surface area contributed by atoms with Crippen LogP contribution in [0.5, 0.6) is 0 Å². The van der Waals surface area contributed by atoms with Gasteiger partial charge in [-0.25, -0.2) is 18.2 Å². The fraction of sp³-hybridized carbons (Fsp3) is 0.409. The fourth-order valence-corrected chi connectivity index (χ4v) is 5.50. The smallest absolute Gasteiger partial charge is 0.263 e. The molecule has 6 nitrogen and oxygen atoms in total. The molecule has 0 radical (unpaired) electrons. The molecule has 2 heterocycles. The van der Waals surface area contributed by atoms with Crippen LogP contribution in [0.3, 0.4) is 0 Å². The van der Waals surface area contributed by atoms with Gasteiger partial charge in [-0.1, -0.05) is 35.9 Å². The number of aliphatic hydroxyl groups is 1. The molecule has 1 N–H and O–H groups in total. The van der Waals surface area contributed by atoms with Crippen molar-refractivity contribution in [3.8, 4) is 0 Å². The van der Waals surface area contributed by atoms with Crippen LogP contribution in [0.25, 0.3) is 0 Å². The lowest BCUT2D eigenvalue weighted by molar-refractivity contribution is -0.280. The lowest BCUT2D eigenvalue weighted by Gasteiger charge is -2.71. The van der Waals surface area contributed by atoms with E-state index in [1.165, 1.54) is 35.4 Å². The molecule has 0 unspecified atom stereocenters. The van der Waals surface area contributed by atoms with E-state index >= 15 is 0 Å². The Labute approximate surface area is 186 Å². The van der Waals surface area contributed by atoms with Gasteiger partial charge in [0.15, 0.2) is 11.6 Å². The van der Waals surface area contributed by atoms with Gasteiger partial charge in [-0.15, -0.1) is 0 Å². The van der Waals surface area contributed by atoms with Gasteiger partial charge in [0.1, 0.15) is 12.6 Å². The van der Waals surface area contributed by atoms with Gasteiger partial charge >= 0.3 is 0 Å². The number of nitrogens with zero attached hydrogens (tertiary/aromatic N) is 3. The molecule has 2 amide bonds. The summed E-state index contributed by atoms with van der Waals surface area (Å²) in [5.41, 5.74) is -0.954. The van der Waals surface area contributed by atoms with Crippen LogP contribution in [0.1, 0.15) is 36.8 Å². The Morgan fingerprint density at radius 2 is 1.84 bits per heavy atom. The second-order valence-corrected chi connectivity index (χ2v) is 9.40. The van der Waals surface area contributed by atoms with E-state index in [4.69, 9.17) is 11.6 Å². The topological polar surface area (TPSA) is 73.7 Å². The molecule has 1 aliphatic heterocycles. The Hall–Kier alpha value is -2.65. The number of anilines is 1. The fourth-order valence-electron chi connectivity index (χ4n) is 5.35. The molecule has 4 aliphatic rings. The number of halogens is 4. The number of carbonyl (C=O) groups excluding carboxylic acids is 2. The summed E-state index contributed by atoms with van der Waals surface area (Å²) < 4.78 is 40.2. The minimum Gasteiger partial charge on any atom is -0.390 e. The molecule has 1 aromatic carbocycles. The first-order valence-electron chi connectivity index (χ1n) is 10.1. The minimum atomic E-state index is -2.60. The van der Waals surface area contributed by atoms with Crippen molar-refractivity contribution >= 4 is 29.2 Å². The summed E-state index contributed by atoms with van der Waals surface area (Å²) in [5, 5.41) is 10.3. The van der Waals surface area contributed by atoms with Crippen molar-refractivity contribution in [1.29, 1.82) is 0 Å². The van der Waals surface area contributed by atoms with Gasteiger partial charge in [0, 0.05) is 23.7 Å². The highest BCUT2D eigenvalue weighted by molar-refractivity contribution is 6.30. The Kier molecular flexibility index (Phi) is 4.76. The van der Waals surface area contributed by atoms with Gasteiger partial charge in [0.25, 0.3) is 12.3 Å². The third kappa shape index (κ3) is 3.26. The molecule has 2 bridgehead atoms. The SMILES string of the molecule is O=C1[C@H](C23CC(O)(C2)C3)N(Cc2ccc(C(F)F)cc2)C(=O)CN1c1ncc(Cl)cc1F. The van der Waals surface area contributed by atoms with Crippen molar-refractivity contribution in [2.45, 2.75) is 43.9 Å². The van der Waals surface area contributed by atoms with Gasteiger partial charge in [-0.3, -0.25) is 14.5 Å². The Bertz CT molecular complexity index is 1090. The van der Waals surface area contributed by atoms with E-state index in [1.807, 2.05) is 0 Å². The molecule has 32 heavy (non-hydrogen) atoms. The summed E-state index contributed by atoms with van der Waals surface area (Å²) in [6.45, 7) is -0.361. The molecule has 4 fully saturated rings. The highest BCUT2D eigenvalue weighted by atomic mass is 35.5. The summed E-state index contributed by atoms with van der Waals surface area (Å²) in [5.74, 6) is -1.99. The van der Waals surface area contributed by atoms with Gasteiger partial charge in [0.2, 0.25) is 5.91 Å². The van der Waals surface area contributed by atoms with E-state index in [2.05, 4.69) is 4.98 Å². The predicted octanol–water partition coefficient (Wildman–Crippen LogP) is 3.47. The zero-order chi connectivity index (χ0) is 22.8. The summed E-state index contributed by atoms with van der Waals surface area (Å²) in [4.78, 5) is 33.0. The van der Waals surface area contributed by atoms with Gasteiger partial charge in [0.05, 0.1) is 10.6 Å². The van der Waals surface area contributed by atoms with E-state index < -0.39 is 47.7 Å². The van der Waals surface area contributed by atoms with Crippen LogP contribution < -0.4 is 4.90 Å². The highest BCUT2D eigenvalue weighted by Crippen LogP contribution is 2.70. The molecule has 168 valence electrons. The number of hydrogen-bond acceptors (Lipinski definition) is 4. The van der Waals surface area contributed by atoms with E-state index in [0.717, 1.165) is 11.0 Å². The van der Waals surface area contributed by atoms with Crippen LogP contribution in [0.15, 0.2) is 36.5 Å². The van der Waals surface area contributed by atoms with Crippen LogP contribution in [-0.4, -0.2) is 45.0 Å². The van der Waals surface area contributed by atoms with Crippen molar-refractivity contribution < 1.29 is 27.9 Å². The number of alkyl halides is 2. The predicted molar refractivity (Wildman–Crippen MR) is 109 cm³/mol. The number of amides is 2. The molecule has 1 aromatic heterocycles. The number of pyridine rings is 1. The van der Waals surface area contributed by atoms with Crippen LogP contribution in [0.2, 0.25) is 5.02 Å². The second-order valence-electron chi connectivity index (χ2n) is 8.97. The zero-order valence-corrected chi connectivity index (χ0v) is 17.5. The van der Waals surface area contributed by atoms with E-state index in [9.17, 15) is 27.9 Å². The molecule has 1 atom stereocenters. The van der Waals surface area contributed by atoms with E-state index in [0.29, 0.717) is 24.8 Å². The lowest BCUT2D eigenvalue weighted by atomic mass is 9.38. The van der Waals surface area contributed by atoms with Gasteiger partial charge in [-0.05, 0) is 30.9 Å². The quantitative estimate of drug-likeness (QED) is 0.734. The van der Waals surface area contributed by atoms with Crippen LogP contribution >= 0.6 is 11.6 Å². The molecule has 3 saturated carbocycles. The van der Waals surface area contributed by atoms with Crippen molar-refractivity contribution in [3.63, 3.8) is 0 Å². The van der Waals surface area contributed by atoms with Crippen molar-refractivity contribution in [3.05, 3.63) is 58.5 Å². The number of rotatable bonds is 5. The molecule has 1 saturated heterocycles. The van der Waals surface area contributed by atoms with Gasteiger partial charge < -0.3 is 10.0 Å². The second kappa shape index (κ2) is 7.18. The molecule has 3 aliphatic carbocycles. The van der Waals surface area contributed by atoms with Crippen molar-refractivity contribution in [2.24, 2.45) is 5.41 Å². The maximum atomic E-state index is 14.5. The minimum absolute atomic E-state index is 0.0449. The van der Waals surface area contributed by atoms with Crippen LogP contribution in [0.4, 0.5) is 19.0 Å². The average Bonchev–Trinajstić information content (AvgIpc) is 2.69. The molecule has 10 heteroatoms. The molecule has 6 rings (SSSR count). The maximum absolute atomic E-state index is 14.5. The summed E-state index contributed by atoms with van der Waals surface area (Å²) >= 11 is 5.76. The number of hydrogen-bond donors (Lipinski definition) is 1. The largest absolute Gasteiger partial charge is 0.390 e. The molecule has 2 aromatic rings. The number of carbonyl (C=O) groups is 2. The maximum Gasteiger partial charge on any atom is 0.263 e. The molecular formula is C22H19ClF3N3O3. The third-order valence-electron chi connectivity index (χ3n) is 6.68. The number of aromatic nitrogens is 1. The molecular weight excluding hydrogens is 447 g/mol. The lowest BCUT2D eigenvalue weighted by Crippen LogP contribution is -2.78. The molecule has 0 spiro atoms. The standard InChI is InChI=1S/C22H19ClF3N3O3/c23-14-5-15(24)19(27-6-14)29-8-16(30)28(7-12-1-3-13(4-2-12)18(25)26)17(20(29)31)21-9-22(32,10-21)11-21/h1-6,17-18,32H,7-11H2/t17-,21?,22?/m1/s1. The Morgan fingerprint density at radius 1 is 1.19 bits per heavy atom. The highest BCUT2D eigenvalue weighted by Gasteiger charge is 2.73. The first kappa shape index (κ1) is 21.2. The van der Waals surface area contributed by atoms with Crippen LogP contribution in [-0.2, 0) is 16.1 Å². The van der Waals surface area contributed by atoms with Crippen molar-refractivity contribution in [2.75, 3.05) is 11.4 Å². The van der Waals surface area contributed by atoms with Gasteiger partial charge in [-0.2, -0.15) is 0 Å². The monoisotopic (exact) mass is 465 g/mol. The number of benzene rings is 1. The first-order chi connectivity index (χ1) is 15.1. The Balaban J connectivity index is 1.47. The summed E-state index contributed by atoms with van der Waals surface area (Å²) in [6, 6.07) is 5.68. The first-order valence-corrected chi connectivity index (χ1v) is 10.5. The third-order valence-corrected chi connectivity index (χ3v) is 6.88. The van der Waals surface area contributed by atoms with E-state index in [1.54, 1.807) is 0 Å². The normalized spacial score (nSPS) is 29.2. The van der Waals surface area contributed by atoms with E-state index in [-0.39, 0.29) is 22.9 Å². The Morgan fingerprint density at radius 3 is 2.41 bits per heavy atom. The number of piperazine rings is 1. The summed E-state index contributed by atoms with van der Waals surface area (Å²) in [7, 11) is 0. The average molecular weight is 466 g/mol. The summed E-state index contributed by atoms with van der Waals surface area (Å²) in [6.07, 6.45) is -0.293. The van der Waals surface area contributed by atoms with Crippen LogP contribution in [0, 0.1) is 11.2 Å². The zero-order valence-electron chi connectivity index (χ0n) is 16.8. The van der Waals surface area contributed by atoms with Crippen molar-refractivity contribution in [1.82, 2.24) is 9.88 Å².